The van der Waals surface area contributed by atoms with Crippen molar-refractivity contribution in [3.8, 4) is 5.75 Å². The molecule has 2 rings (SSSR count). The molecule has 1 aromatic carbocycles. The Hall–Kier alpha value is -2.15. The van der Waals surface area contributed by atoms with E-state index in [2.05, 4.69) is 0 Å². The summed E-state index contributed by atoms with van der Waals surface area (Å²) in [4.78, 5) is 21.6. The normalized spacial score (nSPS) is 21.2. The molecule has 1 amide bonds. The number of nitrogens with zero attached hydrogens (tertiary/aromatic N) is 1. The van der Waals surface area contributed by atoms with Crippen molar-refractivity contribution in [2.45, 2.75) is 19.3 Å². The molecule has 2 unspecified atom stereocenters. The summed E-state index contributed by atoms with van der Waals surface area (Å²) in [6.45, 7) is 0.961. The maximum Gasteiger partial charge on any atom is 0.310 e. The monoisotopic (exact) mass is 293 g/mol. The van der Waals surface area contributed by atoms with Gasteiger partial charge in [-0.25, -0.2) is 0 Å². The first-order valence-corrected chi connectivity index (χ1v) is 6.94. The number of hydrogen-bond donors (Lipinski definition) is 2. The van der Waals surface area contributed by atoms with Crippen molar-refractivity contribution in [2.75, 3.05) is 13.2 Å². The molecule has 1 fully saturated rings. The highest BCUT2D eigenvalue weighted by molar-refractivity contribution is 5.93. The molecule has 114 valence electrons. The van der Waals surface area contributed by atoms with E-state index in [1.54, 1.807) is 0 Å². The van der Waals surface area contributed by atoms with Crippen molar-refractivity contribution in [3.63, 3.8) is 0 Å². The van der Waals surface area contributed by atoms with Crippen molar-refractivity contribution in [1.82, 2.24) is 0 Å². The van der Waals surface area contributed by atoms with Crippen LogP contribution in [-0.2, 0) is 0 Å². The lowest BCUT2D eigenvalue weighted by atomic mass is 9.97. The number of carbonyl (C=O) groups is 1. The van der Waals surface area contributed by atoms with Crippen molar-refractivity contribution in [1.29, 1.82) is 0 Å². The van der Waals surface area contributed by atoms with Crippen LogP contribution in [0.2, 0.25) is 0 Å². The van der Waals surface area contributed by atoms with Crippen molar-refractivity contribution in [3.05, 3.63) is 33.9 Å². The van der Waals surface area contributed by atoms with Gasteiger partial charge in [-0.05, 0) is 37.3 Å². The number of nitro groups is 1. The van der Waals surface area contributed by atoms with E-state index in [4.69, 9.17) is 16.2 Å². The van der Waals surface area contributed by atoms with Crippen LogP contribution in [0, 0.1) is 22.0 Å². The van der Waals surface area contributed by atoms with E-state index in [-0.39, 0.29) is 17.0 Å². The molecule has 1 saturated carbocycles. The Morgan fingerprint density at radius 3 is 2.71 bits per heavy atom. The Kier molecular flexibility index (Phi) is 4.74. The van der Waals surface area contributed by atoms with E-state index in [9.17, 15) is 14.9 Å². The summed E-state index contributed by atoms with van der Waals surface area (Å²) in [6.07, 6.45) is 3.17. The summed E-state index contributed by atoms with van der Waals surface area (Å²) in [6, 6.07) is 3.89. The van der Waals surface area contributed by atoms with Crippen LogP contribution in [0.3, 0.4) is 0 Å². The molecule has 1 aliphatic carbocycles. The van der Waals surface area contributed by atoms with Crippen LogP contribution in [0.25, 0.3) is 0 Å². The van der Waals surface area contributed by atoms with Crippen molar-refractivity contribution >= 4 is 11.6 Å². The molecule has 0 bridgehead atoms. The topological polar surface area (TPSA) is 121 Å². The fourth-order valence-corrected chi connectivity index (χ4v) is 2.77. The molecular weight excluding hydrogens is 274 g/mol. The average Bonchev–Trinajstić information content (AvgIpc) is 2.91. The lowest BCUT2D eigenvalue weighted by Crippen LogP contribution is -2.23. The Morgan fingerprint density at radius 1 is 1.38 bits per heavy atom. The Balaban J connectivity index is 2.15. The Labute approximate surface area is 122 Å². The lowest BCUT2D eigenvalue weighted by Gasteiger charge is -2.18. The second-order valence-corrected chi connectivity index (χ2v) is 5.30. The highest BCUT2D eigenvalue weighted by atomic mass is 16.6. The van der Waals surface area contributed by atoms with Gasteiger partial charge in [0, 0.05) is 17.7 Å². The third-order valence-electron chi connectivity index (χ3n) is 4.01. The van der Waals surface area contributed by atoms with Crippen molar-refractivity contribution in [2.24, 2.45) is 23.3 Å². The zero-order valence-electron chi connectivity index (χ0n) is 11.7. The van der Waals surface area contributed by atoms with Crippen LogP contribution in [0.4, 0.5) is 5.69 Å². The molecule has 0 radical (unpaired) electrons. The van der Waals surface area contributed by atoms with Gasteiger partial charge in [0.25, 0.3) is 0 Å². The van der Waals surface area contributed by atoms with Crippen LogP contribution in [0.15, 0.2) is 18.2 Å². The van der Waals surface area contributed by atoms with Gasteiger partial charge in [-0.1, -0.05) is 6.42 Å². The lowest BCUT2D eigenvalue weighted by molar-refractivity contribution is -0.385. The third-order valence-corrected chi connectivity index (χ3v) is 4.01. The molecule has 1 aliphatic rings. The summed E-state index contributed by atoms with van der Waals surface area (Å²) in [5.41, 5.74) is 10.9. The van der Waals surface area contributed by atoms with E-state index in [1.165, 1.54) is 18.2 Å². The maximum absolute atomic E-state index is 11.2. The second-order valence-electron chi connectivity index (χ2n) is 5.30. The molecule has 0 aliphatic heterocycles. The molecule has 1 aromatic rings. The van der Waals surface area contributed by atoms with Crippen LogP contribution >= 0.6 is 0 Å². The molecular formula is C14H19N3O4. The Morgan fingerprint density at radius 2 is 2.10 bits per heavy atom. The molecule has 0 heterocycles. The zero-order valence-corrected chi connectivity index (χ0v) is 11.7. The summed E-state index contributed by atoms with van der Waals surface area (Å²) in [7, 11) is 0. The first kappa shape index (κ1) is 15.2. The first-order valence-electron chi connectivity index (χ1n) is 6.94. The molecule has 21 heavy (non-hydrogen) atoms. The first-order chi connectivity index (χ1) is 10.0. The van der Waals surface area contributed by atoms with Crippen LogP contribution in [-0.4, -0.2) is 24.0 Å². The van der Waals surface area contributed by atoms with Gasteiger partial charge < -0.3 is 16.2 Å². The number of ether oxygens (including phenoxy) is 1. The number of nitrogens with two attached hydrogens (primary N) is 2. The molecule has 0 aromatic heterocycles. The minimum absolute atomic E-state index is 0.0824. The molecule has 2 atom stereocenters. The van der Waals surface area contributed by atoms with E-state index >= 15 is 0 Å². The summed E-state index contributed by atoms with van der Waals surface area (Å²) in [5.74, 6) is 0.129. The minimum atomic E-state index is -0.643. The van der Waals surface area contributed by atoms with Gasteiger partial charge in [0.1, 0.15) is 0 Å². The number of benzene rings is 1. The highest BCUT2D eigenvalue weighted by Crippen LogP contribution is 2.33. The molecule has 0 spiro atoms. The predicted octanol–water partition coefficient (Wildman–Crippen LogP) is 1.45. The number of rotatable bonds is 6. The summed E-state index contributed by atoms with van der Waals surface area (Å²) >= 11 is 0. The SMILES string of the molecule is NCC1CCCC1COc1cc(C(N)=O)ccc1[N+](=O)[O-]. The summed E-state index contributed by atoms with van der Waals surface area (Å²) < 4.78 is 5.60. The Bertz CT molecular complexity index is 547. The van der Waals surface area contributed by atoms with E-state index in [0.29, 0.717) is 25.0 Å². The fourth-order valence-electron chi connectivity index (χ4n) is 2.77. The number of nitro benzene ring substituents is 1. The fraction of sp³-hybridized carbons (Fsp3) is 0.500. The van der Waals surface area contributed by atoms with Gasteiger partial charge in [0.2, 0.25) is 5.91 Å². The molecule has 7 nitrogen and oxygen atoms in total. The average molecular weight is 293 g/mol. The smallest absolute Gasteiger partial charge is 0.310 e. The quantitative estimate of drug-likeness (QED) is 0.607. The number of carbonyl (C=O) groups excluding carboxylic acids is 1. The van der Waals surface area contributed by atoms with Gasteiger partial charge in [-0.15, -0.1) is 0 Å². The standard InChI is InChI=1S/C14H19N3O4/c15-7-10-2-1-3-11(10)8-21-13-6-9(14(16)18)4-5-12(13)17(19)20/h4-6,10-11H,1-3,7-8,15H2,(H2,16,18). The van der Waals surface area contributed by atoms with Crippen LogP contribution in [0.1, 0.15) is 29.6 Å². The van der Waals surface area contributed by atoms with E-state index in [0.717, 1.165) is 19.3 Å². The minimum Gasteiger partial charge on any atom is -0.486 e. The summed E-state index contributed by atoms with van der Waals surface area (Å²) in [5, 5.41) is 11.0. The zero-order chi connectivity index (χ0) is 15.4. The van der Waals surface area contributed by atoms with E-state index < -0.39 is 10.8 Å². The second kappa shape index (κ2) is 6.53. The molecule has 7 heteroatoms. The highest BCUT2D eigenvalue weighted by Gasteiger charge is 2.27. The molecule has 4 N–H and O–H groups in total. The van der Waals surface area contributed by atoms with Crippen LogP contribution in [0.5, 0.6) is 5.75 Å². The van der Waals surface area contributed by atoms with Gasteiger partial charge in [-0.3, -0.25) is 14.9 Å². The number of amides is 1. The van der Waals surface area contributed by atoms with Crippen LogP contribution < -0.4 is 16.2 Å². The third kappa shape index (κ3) is 3.49. The van der Waals surface area contributed by atoms with Gasteiger partial charge >= 0.3 is 5.69 Å². The van der Waals surface area contributed by atoms with Gasteiger partial charge in [0.15, 0.2) is 5.75 Å². The number of primary amides is 1. The van der Waals surface area contributed by atoms with Gasteiger partial charge in [0.05, 0.1) is 11.5 Å². The molecule has 0 saturated heterocycles. The van der Waals surface area contributed by atoms with E-state index in [1.807, 2.05) is 0 Å². The predicted molar refractivity (Wildman–Crippen MR) is 77.0 cm³/mol. The van der Waals surface area contributed by atoms with Gasteiger partial charge in [-0.2, -0.15) is 0 Å². The maximum atomic E-state index is 11.2. The van der Waals surface area contributed by atoms with Crippen molar-refractivity contribution < 1.29 is 14.5 Å². The largest absolute Gasteiger partial charge is 0.486 e. The number of hydrogen-bond acceptors (Lipinski definition) is 5.